The van der Waals surface area contributed by atoms with Crippen LogP contribution >= 0.6 is 18.1 Å². The van der Waals surface area contributed by atoms with Crippen LogP contribution in [0.15, 0.2) is 491 Å². The van der Waals surface area contributed by atoms with Crippen molar-refractivity contribution in [2.75, 3.05) is 16.8 Å². The molecule has 0 spiro atoms. The van der Waals surface area contributed by atoms with Gasteiger partial charge in [-0.15, -0.1) is 35.9 Å². The molecule has 14 nitrogen and oxygen atoms in total. The van der Waals surface area contributed by atoms with Gasteiger partial charge in [-0.3, -0.25) is 29.7 Å². The number of aromatic amines is 1. The van der Waals surface area contributed by atoms with Gasteiger partial charge in [0, 0.05) is 135 Å². The van der Waals surface area contributed by atoms with E-state index in [-0.39, 0.29) is 44.7 Å². The van der Waals surface area contributed by atoms with Gasteiger partial charge in [-0.25, -0.2) is 4.98 Å². The number of aromatic nitrogens is 7. The van der Waals surface area contributed by atoms with E-state index >= 15 is 0 Å². The number of anilines is 6. The smallest absolute Gasteiger partial charge is 0.868 e. The minimum Gasteiger partial charge on any atom is -0.868 e. The third-order valence-electron chi connectivity index (χ3n) is 23.6. The van der Waals surface area contributed by atoms with Gasteiger partial charge in [0.2, 0.25) is 5.52 Å². The van der Waals surface area contributed by atoms with Crippen molar-refractivity contribution in [3.05, 3.63) is 503 Å². The Morgan fingerprint density at radius 1 is 0.364 bits per heavy atom. The van der Waals surface area contributed by atoms with E-state index in [1.807, 2.05) is 184 Å². The van der Waals surface area contributed by atoms with Crippen molar-refractivity contribution in [2.45, 2.75) is 20.7 Å². The summed E-state index contributed by atoms with van der Waals surface area (Å²) in [6, 6.07) is 159. The predicted octanol–water partition coefficient (Wildman–Crippen LogP) is 28.1. The average molecular weight is 2080 g/mol. The average Bonchev–Trinajstić information content (AvgIpc) is 0.755. The van der Waals surface area contributed by atoms with Crippen molar-refractivity contribution < 1.29 is 60.4 Å². The molecular weight excluding hydrogens is 1980 g/mol. The van der Waals surface area contributed by atoms with E-state index in [0.29, 0.717) is 31.7 Å². The Hall–Kier alpha value is -15.7. The first-order valence-corrected chi connectivity index (χ1v) is 48.8. The fourth-order valence-electron chi connectivity index (χ4n) is 17.3. The number of H-pyrrole nitrogens is 1. The van der Waals surface area contributed by atoms with Crippen LogP contribution < -0.4 is 50.1 Å². The number of para-hydroxylation sites is 6. The van der Waals surface area contributed by atoms with Crippen molar-refractivity contribution in [3.63, 3.8) is 0 Å². The zero-order valence-electron chi connectivity index (χ0n) is 80.4. The van der Waals surface area contributed by atoms with Gasteiger partial charge in [0.05, 0.1) is 22.4 Å². The number of fused-ring (bicyclic) bond motifs is 10. The second-order valence-electron chi connectivity index (χ2n) is 32.9. The predicted molar refractivity (Wildman–Crippen MR) is 590 cm³/mol. The van der Waals surface area contributed by atoms with Crippen molar-refractivity contribution in [1.29, 1.82) is 1.28 Å². The van der Waals surface area contributed by atoms with Crippen LogP contribution in [0.3, 0.4) is 0 Å². The van der Waals surface area contributed by atoms with Gasteiger partial charge in [0.15, 0.2) is 6.20 Å². The molecule has 0 amide bonds. The Bertz CT molecular complexity index is 7960. The molecule has 0 aliphatic carbocycles. The van der Waals surface area contributed by atoms with Crippen LogP contribution in [0.4, 0.5) is 34.1 Å². The number of aryl methyl sites for hydroxylation is 2. The third kappa shape index (κ3) is 24.1. The number of rotatable bonds is 16. The molecule has 0 saturated carbocycles. The summed E-state index contributed by atoms with van der Waals surface area (Å²) in [5.41, 5.74) is 22.9. The summed E-state index contributed by atoms with van der Waals surface area (Å²) in [6.07, 6.45) is 8.84. The number of pyridine rings is 7. The molecule has 7 heterocycles. The van der Waals surface area contributed by atoms with Crippen LogP contribution in [0.5, 0.6) is 23.0 Å². The van der Waals surface area contributed by atoms with Crippen LogP contribution in [0.1, 0.15) is 11.4 Å². The van der Waals surface area contributed by atoms with Crippen molar-refractivity contribution >= 4 is 172 Å². The number of benzene rings is 17. The van der Waals surface area contributed by atoms with E-state index < -0.39 is 15.1 Å². The molecule has 143 heavy (non-hydrogen) atoms. The van der Waals surface area contributed by atoms with Gasteiger partial charge >= 0.3 is 34.0 Å². The number of hydrogen-bond acceptors (Lipinski definition) is 13. The zero-order chi connectivity index (χ0) is 97.1. The summed E-state index contributed by atoms with van der Waals surface area (Å²) in [7, 11) is 4.43. The number of nitrogens with zero attached hydrogens (tertiary/aromatic N) is 9. The van der Waals surface area contributed by atoms with Crippen LogP contribution in [-0.2, 0) is 20.1 Å². The fourth-order valence-corrected chi connectivity index (χ4v) is 18.6. The molecule has 0 fully saturated rings. The normalized spacial score (nSPS) is 10.7. The number of nitrogens with one attached hydrogen (secondary N) is 1. The Balaban J connectivity index is 0.000000134. The van der Waals surface area contributed by atoms with E-state index in [0.717, 1.165) is 117 Å². The van der Waals surface area contributed by atoms with E-state index in [2.05, 4.69) is 348 Å². The largest absolute Gasteiger partial charge is 1.20 e. The topological polar surface area (TPSA) is 161 Å². The maximum absolute atomic E-state index is 11.1. The summed E-state index contributed by atoms with van der Waals surface area (Å²) in [4.78, 5) is 35.4. The molecule has 1 N–H and O–H groups in total. The molecule has 2 radical (unpaired) electrons. The number of hydrogen-bond donors (Lipinski definition) is 0. The Morgan fingerprint density at radius 3 is 1.15 bits per heavy atom. The minimum absolute atomic E-state index is 0. The molecule has 0 aliphatic rings. The van der Waals surface area contributed by atoms with E-state index in [9.17, 15) is 5.11 Å². The monoisotopic (exact) mass is 2080 g/mol. The van der Waals surface area contributed by atoms with Crippen molar-refractivity contribution in [1.82, 2.24) is 29.9 Å². The van der Waals surface area contributed by atoms with Gasteiger partial charge in [0.1, 0.15) is 42.1 Å². The van der Waals surface area contributed by atoms with Crippen LogP contribution in [0, 0.1) is 19.9 Å². The first-order valence-electron chi connectivity index (χ1n) is 46.8. The molecule has 0 aliphatic heterocycles. The Kier molecular flexibility index (Phi) is 34.2. The van der Waals surface area contributed by atoms with Gasteiger partial charge in [-0.05, 0) is 217 Å². The molecule has 1 atom stereocenters. The second kappa shape index (κ2) is 49.4. The Morgan fingerprint density at radius 2 is 0.720 bits per heavy atom. The first kappa shape index (κ1) is 98.9. The van der Waals surface area contributed by atoms with Crippen LogP contribution in [-0.4, -0.2) is 60.4 Å². The molecule has 20 heteroatoms. The molecular formula is C123H96AlBIrLiN10O4P2. The SMILES string of the molecule is C[B]P.Cc1cc(-c2ccccc2)c2ccc3c(-c4ccccc4)cc(C)nc3c2n1.[2H]P=NC.[Ir].[Li+].[O-]c1cccc2ccc[nH+]c12.[c-]1ccccc1-c1nccc2ccccc12.c1ccc(N(c2ccc(-c3ccc(N(c4ccccc4)c4cccc5ccccc45)cc3)cc2)c2cccc3ccccc23)cc1.c1cnc2c([O][Al]([O]c3cccc4cccnc34)[O]c3cccc4cccnc34)cccc2c1. The summed E-state index contributed by atoms with van der Waals surface area (Å²) in [5, 5.41) is 24.6. The van der Waals surface area contributed by atoms with Gasteiger partial charge in [-0.2, -0.15) is 9.12 Å². The Labute approximate surface area is 869 Å². The second-order valence-corrected chi connectivity index (χ2v) is 35.2. The molecule has 7 aromatic heterocycles. The first-order chi connectivity index (χ1) is 70.0. The summed E-state index contributed by atoms with van der Waals surface area (Å²) in [6.45, 7) is 7.99. The molecule has 24 rings (SSSR count). The van der Waals surface area contributed by atoms with E-state index in [1.165, 1.54) is 65.7 Å². The molecule has 0 saturated heterocycles. The summed E-state index contributed by atoms with van der Waals surface area (Å²) >= 11 is -2.86. The minimum atomic E-state index is -2.86. The molecule has 17 aromatic carbocycles. The van der Waals surface area contributed by atoms with E-state index in [1.54, 1.807) is 44.0 Å². The zero-order valence-corrected chi connectivity index (χ0v) is 85.0. The summed E-state index contributed by atoms with van der Waals surface area (Å²) in [5.74, 6) is 1.87. The molecule has 1 unspecified atom stereocenters. The van der Waals surface area contributed by atoms with Gasteiger partial charge in [0.25, 0.3) is 0 Å². The van der Waals surface area contributed by atoms with Crippen molar-refractivity contribution in [3.8, 4) is 67.6 Å². The van der Waals surface area contributed by atoms with Crippen LogP contribution in [0.2, 0.25) is 6.82 Å². The van der Waals surface area contributed by atoms with Gasteiger partial charge < -0.3 is 31.3 Å². The third-order valence-corrected chi connectivity index (χ3v) is 24.9. The molecule has 0 bridgehead atoms. The van der Waals surface area contributed by atoms with Crippen molar-refractivity contribution in [2.24, 2.45) is 4.74 Å². The quantitative estimate of drug-likeness (QED) is 0.0390. The maximum atomic E-state index is 11.1. The fraction of sp³-hybridized carbons (Fsp3) is 0.0325. The van der Waals surface area contributed by atoms with E-state index in [4.69, 9.17) is 22.6 Å². The summed E-state index contributed by atoms with van der Waals surface area (Å²) < 4.78 is 28.9. The molecule has 688 valence electrons. The van der Waals surface area contributed by atoms with Gasteiger partial charge in [-0.1, -0.05) is 304 Å². The molecule has 24 aromatic rings. The maximum Gasteiger partial charge on any atom is 1.20 e. The standard InChI is InChI=1S/C44H32N2.C26H20N2.C15H10N.4C9H7NO.CH5BP.CH4NP.Al.Ir.Li/c1-3-17-37(18-4-1)45(43-23-11-15-35-13-7-9-21-41(35)43)39-29-25-33(26-30-39)34-27-31-40(32-28-34)46(38-19-5-2-6-20-38)44-24-12-16-36-14-8-10-22-42(36)44;1-17-15-23(19-9-5-3-6-10-19)21-13-14-22-24(20-11-7-4-8-12-20)16-18(2)28-26(22)25(21)27-17;1-2-7-13(8-3-1)15-14-9-5-4-6-12(14)10-11-16-15;4*11-8-5-1-3-7-4-2-6-10-9(7)8;2*1-2-3;;;/h1-32H;3-16H,1-2H3;1-7,9-11H;4*1-6,11H;3H2,1H3;3H,1H3;;;/q;;-1;;;;;;;+3;;+1/p-3/i;;;;;;;;3D;;;. The van der Waals surface area contributed by atoms with Crippen LogP contribution in [0.25, 0.3) is 142 Å².